The van der Waals surface area contributed by atoms with E-state index in [9.17, 15) is 10.1 Å². The summed E-state index contributed by atoms with van der Waals surface area (Å²) in [5.41, 5.74) is 1.92. The molecule has 0 aromatic heterocycles. The number of nitrogens with zero attached hydrogens (tertiary/aromatic N) is 1. The van der Waals surface area contributed by atoms with Crippen molar-refractivity contribution in [1.82, 2.24) is 0 Å². The molecule has 20 heavy (non-hydrogen) atoms. The largest absolute Gasteiger partial charge is 0.413 e. The minimum absolute atomic E-state index is 0.00503. The lowest BCUT2D eigenvalue weighted by molar-refractivity contribution is -0.385. The lowest BCUT2D eigenvalue weighted by Gasteiger charge is -2.10. The number of para-hydroxylation sites is 1. The van der Waals surface area contributed by atoms with Crippen LogP contribution in [0, 0.1) is 17.0 Å². The molecule has 2 aromatic carbocycles. The van der Waals surface area contributed by atoms with E-state index in [4.69, 9.17) is 4.18 Å². The SMILES string of the molecule is CCc1cccc([N+](=O)[O-])c1OSc1ccccc1C. The van der Waals surface area contributed by atoms with E-state index in [0.717, 1.165) is 28.1 Å². The van der Waals surface area contributed by atoms with Crippen LogP contribution in [0.25, 0.3) is 0 Å². The number of nitro benzene ring substituents is 1. The Morgan fingerprint density at radius 3 is 2.60 bits per heavy atom. The van der Waals surface area contributed by atoms with Crippen molar-refractivity contribution in [3.8, 4) is 5.75 Å². The molecule has 104 valence electrons. The van der Waals surface area contributed by atoms with Gasteiger partial charge in [-0.2, -0.15) is 0 Å². The Hall–Kier alpha value is -2.01. The fourth-order valence-electron chi connectivity index (χ4n) is 1.83. The van der Waals surface area contributed by atoms with Gasteiger partial charge in [0.1, 0.15) is 0 Å². The van der Waals surface area contributed by atoms with Gasteiger partial charge in [0.05, 0.1) is 21.9 Å². The van der Waals surface area contributed by atoms with Gasteiger partial charge >= 0.3 is 5.69 Å². The second-order valence-corrected chi connectivity index (χ2v) is 5.08. The van der Waals surface area contributed by atoms with E-state index < -0.39 is 4.92 Å². The van der Waals surface area contributed by atoms with Gasteiger partial charge in [-0.1, -0.05) is 37.3 Å². The molecule has 0 amide bonds. The van der Waals surface area contributed by atoms with E-state index in [2.05, 4.69) is 0 Å². The van der Waals surface area contributed by atoms with Crippen LogP contribution in [0.5, 0.6) is 5.75 Å². The monoisotopic (exact) mass is 289 g/mol. The van der Waals surface area contributed by atoms with Gasteiger partial charge in [0.2, 0.25) is 5.75 Å². The van der Waals surface area contributed by atoms with E-state index >= 15 is 0 Å². The van der Waals surface area contributed by atoms with E-state index in [1.54, 1.807) is 6.07 Å². The maximum absolute atomic E-state index is 11.1. The van der Waals surface area contributed by atoms with Crippen LogP contribution in [-0.4, -0.2) is 4.92 Å². The van der Waals surface area contributed by atoms with E-state index in [-0.39, 0.29) is 5.69 Å². The van der Waals surface area contributed by atoms with E-state index in [0.29, 0.717) is 12.2 Å². The minimum Gasteiger partial charge on any atom is -0.413 e. The van der Waals surface area contributed by atoms with Crippen LogP contribution < -0.4 is 4.18 Å². The van der Waals surface area contributed by atoms with Crippen LogP contribution in [0.3, 0.4) is 0 Å². The van der Waals surface area contributed by atoms with Crippen molar-refractivity contribution in [1.29, 1.82) is 0 Å². The summed E-state index contributed by atoms with van der Waals surface area (Å²) in [6.07, 6.45) is 0.686. The van der Waals surface area contributed by atoms with Crippen LogP contribution in [0.2, 0.25) is 0 Å². The number of nitro groups is 1. The predicted octanol–water partition coefficient (Wildman–Crippen LogP) is 4.55. The molecular weight excluding hydrogens is 274 g/mol. The van der Waals surface area contributed by atoms with Gasteiger partial charge in [-0.3, -0.25) is 10.1 Å². The van der Waals surface area contributed by atoms with Gasteiger partial charge in [-0.15, -0.1) is 0 Å². The molecule has 0 spiro atoms. The first-order chi connectivity index (χ1) is 9.63. The zero-order chi connectivity index (χ0) is 14.5. The Kier molecular flexibility index (Phi) is 4.63. The van der Waals surface area contributed by atoms with Gasteiger partial charge in [-0.05, 0) is 25.0 Å². The molecular formula is C15H15NO3S. The van der Waals surface area contributed by atoms with Crippen molar-refractivity contribution >= 4 is 17.7 Å². The smallest absolute Gasteiger partial charge is 0.312 e. The first-order valence-corrected chi connectivity index (χ1v) is 7.04. The van der Waals surface area contributed by atoms with Crippen molar-refractivity contribution in [2.45, 2.75) is 25.2 Å². The summed E-state index contributed by atoms with van der Waals surface area (Å²) in [6.45, 7) is 3.93. The van der Waals surface area contributed by atoms with Gasteiger partial charge < -0.3 is 4.18 Å². The third-order valence-corrected chi connectivity index (χ3v) is 3.85. The summed E-state index contributed by atoms with van der Waals surface area (Å²) < 4.78 is 5.66. The third kappa shape index (κ3) is 3.11. The van der Waals surface area contributed by atoms with Gasteiger partial charge in [0, 0.05) is 11.6 Å². The Bertz CT molecular complexity index is 628. The van der Waals surface area contributed by atoms with Crippen molar-refractivity contribution in [2.24, 2.45) is 0 Å². The molecule has 0 aliphatic heterocycles. The third-order valence-electron chi connectivity index (χ3n) is 2.96. The minimum atomic E-state index is -0.410. The molecule has 4 nitrogen and oxygen atoms in total. The van der Waals surface area contributed by atoms with Crippen LogP contribution in [0.15, 0.2) is 47.4 Å². The van der Waals surface area contributed by atoms with Crippen LogP contribution in [0.1, 0.15) is 18.1 Å². The maximum atomic E-state index is 11.1. The first kappa shape index (κ1) is 14.4. The number of rotatable bonds is 5. The average molecular weight is 289 g/mol. The summed E-state index contributed by atoms with van der Waals surface area (Å²) in [5, 5.41) is 11.1. The zero-order valence-electron chi connectivity index (χ0n) is 11.3. The highest BCUT2D eigenvalue weighted by Gasteiger charge is 2.19. The summed E-state index contributed by atoms with van der Waals surface area (Å²) in [6, 6.07) is 12.8. The fraction of sp³-hybridized carbons (Fsp3) is 0.200. The average Bonchev–Trinajstić information content (AvgIpc) is 2.46. The maximum Gasteiger partial charge on any atom is 0.312 e. The van der Waals surface area contributed by atoms with Crippen LogP contribution in [0.4, 0.5) is 5.69 Å². The second kappa shape index (κ2) is 6.43. The normalized spacial score (nSPS) is 10.3. The standard InChI is InChI=1S/C15H15NO3S/c1-3-12-8-6-9-13(16(17)18)15(12)19-20-14-10-5-4-7-11(14)2/h4-10H,3H2,1-2H3. The Balaban J connectivity index is 2.29. The molecule has 0 aliphatic carbocycles. The van der Waals surface area contributed by atoms with Crippen LogP contribution in [-0.2, 0) is 6.42 Å². The summed E-state index contributed by atoms with van der Waals surface area (Å²) >= 11 is 1.16. The predicted molar refractivity (Wildman–Crippen MR) is 80.1 cm³/mol. The Morgan fingerprint density at radius 2 is 1.95 bits per heavy atom. The fourth-order valence-corrected chi connectivity index (χ4v) is 2.53. The molecule has 2 rings (SSSR count). The second-order valence-electron chi connectivity index (χ2n) is 4.31. The highest BCUT2D eigenvalue weighted by Crippen LogP contribution is 2.36. The summed E-state index contributed by atoms with van der Waals surface area (Å²) in [4.78, 5) is 11.6. The molecule has 2 aromatic rings. The van der Waals surface area contributed by atoms with Crippen LogP contribution >= 0.6 is 12.0 Å². The molecule has 0 saturated heterocycles. The molecule has 0 radical (unpaired) electrons. The summed E-state index contributed by atoms with van der Waals surface area (Å²) in [7, 11) is 0. The van der Waals surface area contributed by atoms with Crippen molar-refractivity contribution in [3.63, 3.8) is 0 Å². The molecule has 0 bridgehead atoms. The highest BCUT2D eigenvalue weighted by atomic mass is 32.2. The topological polar surface area (TPSA) is 52.4 Å². The number of hydrogen-bond acceptors (Lipinski definition) is 4. The molecule has 0 fully saturated rings. The molecule has 0 unspecified atom stereocenters. The number of hydrogen-bond donors (Lipinski definition) is 0. The van der Waals surface area contributed by atoms with Gasteiger partial charge in [0.15, 0.2) is 0 Å². The molecule has 0 heterocycles. The molecule has 0 N–H and O–H groups in total. The van der Waals surface area contributed by atoms with Crippen molar-refractivity contribution in [3.05, 3.63) is 63.7 Å². The quantitative estimate of drug-likeness (QED) is 0.460. The molecule has 0 saturated carbocycles. The van der Waals surface area contributed by atoms with E-state index in [1.165, 1.54) is 6.07 Å². The Morgan fingerprint density at radius 1 is 1.20 bits per heavy atom. The lowest BCUT2D eigenvalue weighted by atomic mass is 10.1. The van der Waals surface area contributed by atoms with E-state index in [1.807, 2.05) is 44.2 Å². The molecule has 5 heteroatoms. The zero-order valence-corrected chi connectivity index (χ0v) is 12.1. The Labute approximate surface area is 122 Å². The first-order valence-electron chi connectivity index (χ1n) is 6.30. The number of aryl methyl sites for hydroxylation is 2. The number of benzene rings is 2. The summed E-state index contributed by atoms with van der Waals surface area (Å²) in [5.74, 6) is 0.341. The molecule has 0 aliphatic rings. The van der Waals surface area contributed by atoms with Crippen molar-refractivity contribution < 1.29 is 9.11 Å². The molecule has 0 atom stereocenters. The lowest BCUT2D eigenvalue weighted by Crippen LogP contribution is -1.96. The van der Waals surface area contributed by atoms with Gasteiger partial charge in [0.25, 0.3) is 0 Å². The van der Waals surface area contributed by atoms with Gasteiger partial charge in [-0.25, -0.2) is 0 Å². The highest BCUT2D eigenvalue weighted by molar-refractivity contribution is 7.95. The van der Waals surface area contributed by atoms with Crippen molar-refractivity contribution in [2.75, 3.05) is 0 Å².